The Hall–Kier alpha value is -1.20. The molecular formula is C18H27NO3S. The van der Waals surface area contributed by atoms with Crippen LogP contribution in [0.4, 0.5) is 0 Å². The molecule has 0 aromatic heterocycles. The highest BCUT2D eigenvalue weighted by Gasteiger charge is 2.22. The molecule has 1 aliphatic carbocycles. The second kappa shape index (κ2) is 8.60. The van der Waals surface area contributed by atoms with Crippen LogP contribution in [0.5, 0.6) is 5.75 Å². The van der Waals surface area contributed by atoms with Gasteiger partial charge in [0.25, 0.3) is 0 Å². The number of rotatable bonds is 8. The predicted molar refractivity (Wildman–Crippen MR) is 95.0 cm³/mol. The van der Waals surface area contributed by atoms with Crippen LogP contribution in [0.3, 0.4) is 0 Å². The fourth-order valence-corrected chi connectivity index (χ4v) is 3.99. The van der Waals surface area contributed by atoms with E-state index in [1.165, 1.54) is 25.7 Å². The molecule has 0 heterocycles. The summed E-state index contributed by atoms with van der Waals surface area (Å²) >= 11 is 1.74. The molecule has 0 spiro atoms. The number of hydrogen-bond donors (Lipinski definition) is 2. The first-order valence-electron chi connectivity index (χ1n) is 8.22. The number of thioether (sulfide) groups is 1. The molecule has 2 N–H and O–H groups in total. The van der Waals surface area contributed by atoms with E-state index in [1.54, 1.807) is 25.8 Å². The molecular weight excluding hydrogens is 310 g/mol. The highest BCUT2D eigenvalue weighted by atomic mass is 32.2. The van der Waals surface area contributed by atoms with Crippen molar-refractivity contribution in [3.05, 3.63) is 29.8 Å². The van der Waals surface area contributed by atoms with Crippen LogP contribution in [-0.4, -0.2) is 41.3 Å². The van der Waals surface area contributed by atoms with Crippen molar-refractivity contribution < 1.29 is 14.6 Å². The predicted octanol–water partition coefficient (Wildman–Crippen LogP) is 2.78. The summed E-state index contributed by atoms with van der Waals surface area (Å²) in [4.78, 5) is 11.9. The van der Waals surface area contributed by atoms with E-state index in [2.05, 4.69) is 5.32 Å². The lowest BCUT2D eigenvalue weighted by Crippen LogP contribution is -2.42. The van der Waals surface area contributed by atoms with E-state index in [-0.39, 0.29) is 12.5 Å². The molecule has 1 atom stereocenters. The first-order valence-corrected chi connectivity index (χ1v) is 9.27. The van der Waals surface area contributed by atoms with Crippen molar-refractivity contribution in [1.82, 2.24) is 5.32 Å². The van der Waals surface area contributed by atoms with Crippen molar-refractivity contribution in [2.45, 2.75) is 49.9 Å². The van der Waals surface area contributed by atoms with Gasteiger partial charge in [0, 0.05) is 18.2 Å². The van der Waals surface area contributed by atoms with Gasteiger partial charge < -0.3 is 15.2 Å². The number of nitrogens with one attached hydrogen (secondary N) is 1. The summed E-state index contributed by atoms with van der Waals surface area (Å²) in [6, 6.07) is 7.63. The Kier molecular flexibility index (Phi) is 6.78. The average molecular weight is 337 g/mol. The van der Waals surface area contributed by atoms with Gasteiger partial charge in [-0.15, -0.1) is 11.8 Å². The zero-order valence-electron chi connectivity index (χ0n) is 14.0. The third-order valence-corrected chi connectivity index (χ3v) is 5.53. The van der Waals surface area contributed by atoms with Crippen LogP contribution in [0.25, 0.3) is 0 Å². The maximum Gasteiger partial charge on any atom is 0.230 e. The van der Waals surface area contributed by atoms with Gasteiger partial charge in [-0.1, -0.05) is 25.0 Å². The van der Waals surface area contributed by atoms with E-state index >= 15 is 0 Å². The van der Waals surface area contributed by atoms with Crippen LogP contribution in [0.1, 0.15) is 38.2 Å². The van der Waals surface area contributed by atoms with Gasteiger partial charge in [-0.3, -0.25) is 4.79 Å². The van der Waals surface area contributed by atoms with Crippen molar-refractivity contribution in [3.8, 4) is 5.75 Å². The summed E-state index contributed by atoms with van der Waals surface area (Å²) in [6.07, 6.45) is 5.53. The summed E-state index contributed by atoms with van der Waals surface area (Å²) in [5.74, 6) is 1.30. The first-order chi connectivity index (χ1) is 11.0. The largest absolute Gasteiger partial charge is 0.497 e. The maximum absolute atomic E-state index is 11.9. The molecule has 2 rings (SSSR count). The number of aliphatic hydroxyl groups is 1. The average Bonchev–Trinajstić information content (AvgIpc) is 3.05. The lowest BCUT2D eigenvalue weighted by Gasteiger charge is -2.24. The Labute approximate surface area is 143 Å². The zero-order chi connectivity index (χ0) is 16.7. The quantitative estimate of drug-likeness (QED) is 0.766. The summed E-state index contributed by atoms with van der Waals surface area (Å²) in [5, 5.41) is 14.0. The molecule has 0 radical (unpaired) electrons. The van der Waals surface area contributed by atoms with Crippen LogP contribution < -0.4 is 10.1 Å². The number of carbonyl (C=O) groups excluding carboxylic acids is 1. The maximum atomic E-state index is 11.9. The van der Waals surface area contributed by atoms with Crippen molar-refractivity contribution in [1.29, 1.82) is 0 Å². The van der Waals surface area contributed by atoms with Gasteiger partial charge >= 0.3 is 0 Å². The number of amides is 1. The Morgan fingerprint density at radius 1 is 1.35 bits per heavy atom. The molecule has 1 fully saturated rings. The van der Waals surface area contributed by atoms with Gasteiger partial charge in [0.15, 0.2) is 0 Å². The Morgan fingerprint density at radius 2 is 2.00 bits per heavy atom. The molecule has 1 amide bonds. The minimum absolute atomic E-state index is 0.0110. The first kappa shape index (κ1) is 18.1. The van der Waals surface area contributed by atoms with Crippen LogP contribution >= 0.6 is 11.8 Å². The van der Waals surface area contributed by atoms with Gasteiger partial charge in [-0.25, -0.2) is 0 Å². The van der Waals surface area contributed by atoms with Gasteiger partial charge in [0.1, 0.15) is 5.75 Å². The van der Waals surface area contributed by atoms with Crippen molar-refractivity contribution in [3.63, 3.8) is 0 Å². The molecule has 0 bridgehead atoms. The molecule has 0 aliphatic heterocycles. The van der Waals surface area contributed by atoms with Crippen molar-refractivity contribution in [2.24, 2.45) is 0 Å². The molecule has 4 nitrogen and oxygen atoms in total. The highest BCUT2D eigenvalue weighted by Crippen LogP contribution is 2.29. The number of methoxy groups -OCH3 is 1. The van der Waals surface area contributed by atoms with Gasteiger partial charge in [-0.2, -0.15) is 0 Å². The topological polar surface area (TPSA) is 58.6 Å². The highest BCUT2D eigenvalue weighted by molar-refractivity contribution is 8.00. The second-order valence-corrected chi connectivity index (χ2v) is 7.80. The Bertz CT molecular complexity index is 495. The van der Waals surface area contributed by atoms with E-state index in [1.807, 2.05) is 24.3 Å². The van der Waals surface area contributed by atoms with E-state index in [0.717, 1.165) is 11.3 Å². The van der Waals surface area contributed by atoms with Crippen LogP contribution in [0.15, 0.2) is 24.3 Å². The molecule has 1 aromatic carbocycles. The fraction of sp³-hybridized carbons (Fsp3) is 0.611. The summed E-state index contributed by atoms with van der Waals surface area (Å²) in [5.41, 5.74) is 0.0628. The Balaban J connectivity index is 1.72. The summed E-state index contributed by atoms with van der Waals surface area (Å²) < 4.78 is 5.13. The summed E-state index contributed by atoms with van der Waals surface area (Å²) in [6.45, 7) is 2.02. The van der Waals surface area contributed by atoms with Gasteiger partial charge in [0.2, 0.25) is 5.91 Å². The molecule has 128 valence electrons. The molecule has 0 unspecified atom stereocenters. The molecule has 23 heavy (non-hydrogen) atoms. The standard InChI is InChI=1S/C18H27NO3S/c1-18(21,11-14-7-9-15(22-2)10-8-14)13-19-17(20)12-23-16-5-3-4-6-16/h7-10,16,21H,3-6,11-13H2,1-2H3,(H,19,20)/t18-/m0/s1. The molecule has 1 aromatic rings. The molecule has 1 aliphatic rings. The van der Waals surface area contributed by atoms with Crippen LogP contribution in [0.2, 0.25) is 0 Å². The molecule has 0 saturated heterocycles. The Morgan fingerprint density at radius 3 is 2.61 bits per heavy atom. The third kappa shape index (κ3) is 6.43. The second-order valence-electron chi connectivity index (χ2n) is 6.52. The molecule has 5 heteroatoms. The normalized spacial score (nSPS) is 17.7. The van der Waals surface area contributed by atoms with Crippen molar-refractivity contribution in [2.75, 3.05) is 19.4 Å². The lowest BCUT2D eigenvalue weighted by atomic mass is 9.96. The lowest BCUT2D eigenvalue weighted by molar-refractivity contribution is -0.119. The number of carbonyl (C=O) groups is 1. The third-order valence-electron chi connectivity index (χ3n) is 4.16. The number of ether oxygens (including phenoxy) is 1. The zero-order valence-corrected chi connectivity index (χ0v) is 14.8. The minimum Gasteiger partial charge on any atom is -0.497 e. The minimum atomic E-state index is -0.956. The van der Waals surface area contributed by atoms with Crippen LogP contribution in [-0.2, 0) is 11.2 Å². The van der Waals surface area contributed by atoms with E-state index in [4.69, 9.17) is 4.74 Å². The summed E-state index contributed by atoms with van der Waals surface area (Å²) in [7, 11) is 1.63. The number of benzene rings is 1. The van der Waals surface area contributed by atoms with E-state index in [9.17, 15) is 9.90 Å². The van der Waals surface area contributed by atoms with E-state index in [0.29, 0.717) is 17.4 Å². The fourth-order valence-electron chi connectivity index (χ4n) is 2.83. The molecule has 1 saturated carbocycles. The van der Waals surface area contributed by atoms with E-state index < -0.39 is 5.60 Å². The number of hydrogen-bond acceptors (Lipinski definition) is 4. The smallest absolute Gasteiger partial charge is 0.230 e. The van der Waals surface area contributed by atoms with Gasteiger partial charge in [0.05, 0.1) is 18.5 Å². The van der Waals surface area contributed by atoms with Gasteiger partial charge in [-0.05, 0) is 37.5 Å². The monoisotopic (exact) mass is 337 g/mol. The van der Waals surface area contributed by atoms with Crippen LogP contribution in [0, 0.1) is 0 Å². The van der Waals surface area contributed by atoms with Crippen molar-refractivity contribution >= 4 is 17.7 Å². The SMILES string of the molecule is COc1ccc(C[C@](C)(O)CNC(=O)CSC2CCCC2)cc1.